The van der Waals surface area contributed by atoms with Crippen molar-refractivity contribution in [3.05, 3.63) is 71.3 Å². The number of anilines is 2. The van der Waals surface area contributed by atoms with E-state index in [-0.39, 0.29) is 16.8 Å². The Balaban J connectivity index is 1.38. The highest BCUT2D eigenvalue weighted by Gasteiger charge is 2.34. The van der Waals surface area contributed by atoms with E-state index in [1.165, 1.54) is 29.7 Å². The number of halogens is 1. The molecule has 1 saturated heterocycles. The zero-order chi connectivity index (χ0) is 21.6. The summed E-state index contributed by atoms with van der Waals surface area (Å²) < 4.78 is 29.4. The van der Waals surface area contributed by atoms with Gasteiger partial charge in [0, 0.05) is 35.4 Å². The smallest absolute Gasteiger partial charge is 0.263 e. The van der Waals surface area contributed by atoms with Gasteiger partial charge in [0.15, 0.2) is 5.13 Å². The Labute approximate surface area is 187 Å². The first kappa shape index (κ1) is 20.0. The number of carbonyl (C=O) groups is 1. The number of nitrogens with zero attached hydrogens (tertiary/aromatic N) is 3. The lowest BCUT2D eigenvalue weighted by Gasteiger charge is -2.18. The predicted octanol–water partition coefficient (Wildman–Crippen LogP) is 4.53. The van der Waals surface area contributed by atoms with Gasteiger partial charge in [-0.25, -0.2) is 13.4 Å². The maximum absolute atomic E-state index is 13.2. The summed E-state index contributed by atoms with van der Waals surface area (Å²) in [5, 5.41) is 3.59. The van der Waals surface area contributed by atoms with Crippen LogP contribution in [0.3, 0.4) is 0 Å². The summed E-state index contributed by atoms with van der Waals surface area (Å²) in [6.07, 6.45) is 4.06. The Kier molecular flexibility index (Phi) is 4.96. The monoisotopic (exact) mass is 472 g/mol. The molecule has 1 fully saturated rings. The van der Waals surface area contributed by atoms with Gasteiger partial charge in [-0.05, 0) is 42.8 Å². The van der Waals surface area contributed by atoms with Gasteiger partial charge >= 0.3 is 0 Å². The number of hydrogen-bond donors (Lipinski definition) is 1. The van der Waals surface area contributed by atoms with Gasteiger partial charge in [-0.2, -0.15) is 0 Å². The Morgan fingerprint density at radius 2 is 1.94 bits per heavy atom. The molecule has 158 valence electrons. The van der Waals surface area contributed by atoms with Crippen LogP contribution in [0.25, 0.3) is 10.9 Å². The van der Waals surface area contributed by atoms with E-state index >= 15 is 0 Å². The number of para-hydroxylation sites is 1. The van der Waals surface area contributed by atoms with Crippen LogP contribution in [-0.2, 0) is 14.8 Å². The van der Waals surface area contributed by atoms with E-state index in [2.05, 4.69) is 9.71 Å². The largest absolute Gasteiger partial charge is 0.334 e. The second-order valence-corrected chi connectivity index (χ2v) is 10.1. The summed E-state index contributed by atoms with van der Waals surface area (Å²) >= 11 is 7.58. The molecule has 2 aromatic carbocycles. The minimum Gasteiger partial charge on any atom is -0.334 e. The van der Waals surface area contributed by atoms with E-state index in [9.17, 15) is 13.2 Å². The quantitative estimate of drug-likeness (QED) is 0.462. The highest BCUT2D eigenvalue weighted by atomic mass is 35.5. The van der Waals surface area contributed by atoms with Crippen molar-refractivity contribution in [3.63, 3.8) is 0 Å². The molecule has 10 heteroatoms. The SMILES string of the molecule is O=C1[C@@H](n2ccc3cccc(Cl)c32)CCN1c1ccc(S(=O)(=O)Nc2nccs2)cc1. The normalized spacial score (nSPS) is 16.9. The van der Waals surface area contributed by atoms with Gasteiger partial charge < -0.3 is 9.47 Å². The predicted molar refractivity (Wildman–Crippen MR) is 122 cm³/mol. The molecule has 0 aliphatic carbocycles. The van der Waals surface area contributed by atoms with E-state index in [0.717, 1.165) is 10.9 Å². The number of rotatable bonds is 5. The first-order chi connectivity index (χ1) is 14.9. The van der Waals surface area contributed by atoms with E-state index in [1.54, 1.807) is 22.4 Å². The van der Waals surface area contributed by atoms with Crippen molar-refractivity contribution in [2.24, 2.45) is 0 Å². The van der Waals surface area contributed by atoms with Crippen LogP contribution >= 0.6 is 22.9 Å². The van der Waals surface area contributed by atoms with Crippen LogP contribution in [0.2, 0.25) is 5.02 Å². The van der Waals surface area contributed by atoms with Crippen molar-refractivity contribution in [2.75, 3.05) is 16.2 Å². The number of fused-ring (bicyclic) bond motifs is 1. The average Bonchev–Trinajstić information content (AvgIpc) is 3.48. The first-order valence-corrected chi connectivity index (χ1v) is 12.3. The molecule has 3 heterocycles. The summed E-state index contributed by atoms with van der Waals surface area (Å²) in [5.74, 6) is -0.0473. The maximum Gasteiger partial charge on any atom is 0.263 e. The second-order valence-electron chi connectivity index (χ2n) is 7.13. The molecule has 1 atom stereocenters. The molecule has 1 N–H and O–H groups in total. The number of thiazole rings is 1. The maximum atomic E-state index is 13.2. The minimum absolute atomic E-state index is 0.0473. The second kappa shape index (κ2) is 7.67. The molecule has 0 bridgehead atoms. The van der Waals surface area contributed by atoms with Gasteiger partial charge in [0.1, 0.15) is 6.04 Å². The lowest BCUT2D eigenvalue weighted by Crippen LogP contribution is -2.28. The van der Waals surface area contributed by atoms with Crippen molar-refractivity contribution in [1.82, 2.24) is 9.55 Å². The number of nitrogens with one attached hydrogen (secondary N) is 1. The van der Waals surface area contributed by atoms with Crippen LogP contribution in [0.5, 0.6) is 0 Å². The van der Waals surface area contributed by atoms with Gasteiger partial charge in [-0.1, -0.05) is 23.7 Å². The van der Waals surface area contributed by atoms with Crippen molar-refractivity contribution in [1.29, 1.82) is 0 Å². The fourth-order valence-corrected chi connectivity index (χ4v) is 5.93. The lowest BCUT2D eigenvalue weighted by atomic mass is 10.2. The number of aromatic nitrogens is 2. The molecule has 0 spiro atoms. The van der Waals surface area contributed by atoms with Crippen LogP contribution in [0, 0.1) is 0 Å². The Morgan fingerprint density at radius 1 is 1.13 bits per heavy atom. The van der Waals surface area contributed by atoms with Gasteiger partial charge in [0.2, 0.25) is 5.91 Å². The molecule has 5 rings (SSSR count). The average molecular weight is 473 g/mol. The van der Waals surface area contributed by atoms with E-state index < -0.39 is 10.0 Å². The zero-order valence-electron chi connectivity index (χ0n) is 16.1. The Hall–Kier alpha value is -2.88. The number of amides is 1. The Morgan fingerprint density at radius 3 is 2.68 bits per heavy atom. The number of sulfonamides is 1. The molecule has 4 aromatic rings. The highest BCUT2D eigenvalue weighted by Crippen LogP contribution is 2.34. The molecule has 31 heavy (non-hydrogen) atoms. The van der Waals surface area contributed by atoms with Crippen LogP contribution in [0.4, 0.5) is 10.8 Å². The molecular weight excluding hydrogens is 456 g/mol. The topological polar surface area (TPSA) is 84.3 Å². The molecule has 1 amide bonds. The van der Waals surface area contributed by atoms with Crippen molar-refractivity contribution in [2.45, 2.75) is 17.4 Å². The zero-order valence-corrected chi connectivity index (χ0v) is 18.5. The summed E-state index contributed by atoms with van der Waals surface area (Å²) in [6, 6.07) is 13.6. The van der Waals surface area contributed by atoms with Gasteiger partial charge in [-0.15, -0.1) is 11.3 Å². The molecule has 0 radical (unpaired) electrons. The number of carbonyl (C=O) groups excluding carboxylic acids is 1. The van der Waals surface area contributed by atoms with Crippen molar-refractivity contribution in [3.8, 4) is 0 Å². The van der Waals surface area contributed by atoms with Gasteiger partial charge in [0.05, 0.1) is 15.4 Å². The van der Waals surface area contributed by atoms with Crippen molar-refractivity contribution < 1.29 is 13.2 Å². The van der Waals surface area contributed by atoms with Crippen molar-refractivity contribution >= 4 is 60.6 Å². The number of benzene rings is 2. The Bertz CT molecular complexity index is 1370. The van der Waals surface area contributed by atoms with Gasteiger partial charge in [0.25, 0.3) is 10.0 Å². The summed E-state index contributed by atoms with van der Waals surface area (Å²) in [6.45, 7) is 0.539. The molecule has 0 saturated carbocycles. The summed E-state index contributed by atoms with van der Waals surface area (Å²) in [4.78, 5) is 18.9. The van der Waals surface area contributed by atoms with Crippen LogP contribution < -0.4 is 9.62 Å². The minimum atomic E-state index is -3.74. The standard InChI is InChI=1S/C21H17ClN4O3S2/c22-17-3-1-2-14-8-11-26(19(14)17)18-9-12-25(20(18)27)15-4-6-16(7-5-15)31(28,29)24-21-23-10-13-30-21/h1-8,10-11,13,18H,9,12H2,(H,23,24)/t18-/m0/s1. The fraction of sp³-hybridized carbons (Fsp3) is 0.143. The third-order valence-corrected chi connectivity index (χ3v) is 7.79. The van der Waals surface area contributed by atoms with E-state index in [1.807, 2.05) is 35.0 Å². The number of hydrogen-bond acceptors (Lipinski definition) is 5. The third-order valence-electron chi connectivity index (χ3n) is 5.32. The highest BCUT2D eigenvalue weighted by molar-refractivity contribution is 7.93. The molecule has 7 nitrogen and oxygen atoms in total. The first-order valence-electron chi connectivity index (χ1n) is 9.53. The van der Waals surface area contributed by atoms with E-state index in [0.29, 0.717) is 28.8 Å². The molecule has 2 aromatic heterocycles. The lowest BCUT2D eigenvalue weighted by molar-refractivity contribution is -0.119. The van der Waals surface area contributed by atoms with E-state index in [4.69, 9.17) is 11.6 Å². The van der Waals surface area contributed by atoms with Crippen LogP contribution in [-0.4, -0.2) is 30.4 Å². The molecule has 0 unspecified atom stereocenters. The van der Waals surface area contributed by atoms with Crippen LogP contribution in [0.15, 0.2) is 71.2 Å². The summed E-state index contributed by atoms with van der Waals surface area (Å²) in [7, 11) is -3.74. The van der Waals surface area contributed by atoms with Gasteiger partial charge in [-0.3, -0.25) is 9.52 Å². The fourth-order valence-electron chi connectivity index (χ4n) is 3.87. The third kappa shape index (κ3) is 3.58. The summed E-state index contributed by atoms with van der Waals surface area (Å²) in [5.41, 5.74) is 1.50. The molecular formula is C21H17ClN4O3S2. The molecule has 1 aliphatic rings. The van der Waals surface area contributed by atoms with Crippen LogP contribution in [0.1, 0.15) is 12.5 Å². The molecule has 1 aliphatic heterocycles.